The maximum atomic E-state index is 2.31. The van der Waals surface area contributed by atoms with Crippen molar-refractivity contribution in [1.29, 1.82) is 0 Å². The molecule has 0 saturated carbocycles. The Morgan fingerprint density at radius 1 is 0.929 bits per heavy atom. The fourth-order valence-corrected chi connectivity index (χ4v) is 1.93. The van der Waals surface area contributed by atoms with Gasteiger partial charge in [0, 0.05) is 0 Å². The van der Waals surface area contributed by atoms with Crippen LogP contribution in [0.4, 0.5) is 0 Å². The zero-order valence-electron chi connectivity index (χ0n) is 9.71. The van der Waals surface area contributed by atoms with Gasteiger partial charge in [-0.2, -0.15) is 0 Å². The van der Waals surface area contributed by atoms with E-state index in [0.29, 0.717) is 0 Å². The van der Waals surface area contributed by atoms with Gasteiger partial charge in [-0.3, -0.25) is 0 Å². The van der Waals surface area contributed by atoms with Crippen molar-refractivity contribution < 1.29 is 0 Å². The molecule has 2 unspecified atom stereocenters. The van der Waals surface area contributed by atoms with Crippen molar-refractivity contribution >= 4 is 0 Å². The van der Waals surface area contributed by atoms with E-state index in [0.717, 1.165) is 11.8 Å². The Balaban J connectivity index is 0.000000140. The van der Waals surface area contributed by atoms with Crippen LogP contribution in [0.2, 0.25) is 0 Å². The lowest BCUT2D eigenvalue weighted by Crippen LogP contribution is -1.94. The second-order valence-electron chi connectivity index (χ2n) is 4.73. The Morgan fingerprint density at radius 2 is 1.79 bits per heavy atom. The molecule has 2 rings (SSSR count). The third kappa shape index (κ3) is 5.26. The number of rotatable bonds is 0. The highest BCUT2D eigenvalue weighted by Gasteiger charge is 2.00. The molecule has 0 radical (unpaired) electrons. The number of hydrogen-bond acceptors (Lipinski definition) is 0. The highest BCUT2D eigenvalue weighted by Crippen LogP contribution is 2.16. The van der Waals surface area contributed by atoms with Gasteiger partial charge in [0.05, 0.1) is 0 Å². The minimum absolute atomic E-state index is 0.855. The van der Waals surface area contributed by atoms with Gasteiger partial charge in [-0.25, -0.2) is 0 Å². The summed E-state index contributed by atoms with van der Waals surface area (Å²) in [7, 11) is 0. The van der Waals surface area contributed by atoms with Crippen molar-refractivity contribution in [2.24, 2.45) is 11.8 Å². The average Bonchev–Trinajstić information content (AvgIpc) is 2.21. The molecule has 0 aromatic heterocycles. The Kier molecular flexibility index (Phi) is 5.66. The average molecular weight is 192 g/mol. The molecule has 0 nitrogen and oxygen atoms in total. The maximum absolute atomic E-state index is 2.31. The van der Waals surface area contributed by atoms with Gasteiger partial charge in [0.2, 0.25) is 0 Å². The van der Waals surface area contributed by atoms with Crippen LogP contribution < -0.4 is 0 Å². The van der Waals surface area contributed by atoms with Crippen LogP contribution in [0.3, 0.4) is 0 Å². The van der Waals surface area contributed by atoms with Crippen LogP contribution in [-0.2, 0) is 0 Å². The third-order valence-electron chi connectivity index (χ3n) is 3.03. The number of allylic oxidation sites excluding steroid dienone is 4. The van der Waals surface area contributed by atoms with Crippen molar-refractivity contribution in [3.8, 4) is 0 Å². The molecule has 0 heterocycles. The molecule has 0 saturated heterocycles. The van der Waals surface area contributed by atoms with Crippen LogP contribution in [0, 0.1) is 11.8 Å². The molecule has 80 valence electrons. The molecule has 0 aliphatic heterocycles. The highest BCUT2D eigenvalue weighted by atomic mass is 14.1. The summed E-state index contributed by atoms with van der Waals surface area (Å²) in [6.45, 7) is 4.58. The van der Waals surface area contributed by atoms with Gasteiger partial charge < -0.3 is 0 Å². The first-order chi connectivity index (χ1) is 6.79. The van der Waals surface area contributed by atoms with Crippen LogP contribution in [0.15, 0.2) is 24.3 Å². The van der Waals surface area contributed by atoms with Gasteiger partial charge in [-0.1, -0.05) is 38.2 Å². The first-order valence-corrected chi connectivity index (χ1v) is 6.10. The van der Waals surface area contributed by atoms with Gasteiger partial charge >= 0.3 is 0 Å². The Hall–Kier alpha value is -0.520. The number of hydrogen-bond donors (Lipinski definition) is 0. The predicted octanol–water partition coefficient (Wildman–Crippen LogP) is 4.73. The van der Waals surface area contributed by atoms with Crippen molar-refractivity contribution in [3.05, 3.63) is 24.3 Å². The summed E-state index contributed by atoms with van der Waals surface area (Å²) in [6.07, 6.45) is 17.3. The van der Waals surface area contributed by atoms with Gasteiger partial charge in [-0.05, 0) is 50.4 Å². The molecule has 0 N–H and O–H groups in total. The van der Waals surface area contributed by atoms with E-state index in [9.17, 15) is 0 Å². The molecular formula is C14H24. The summed E-state index contributed by atoms with van der Waals surface area (Å²) in [5.74, 6) is 1.80. The summed E-state index contributed by atoms with van der Waals surface area (Å²) in [5, 5.41) is 0. The molecule has 2 atom stereocenters. The van der Waals surface area contributed by atoms with Crippen molar-refractivity contribution in [3.63, 3.8) is 0 Å². The Labute approximate surface area is 89.1 Å². The fourth-order valence-electron chi connectivity index (χ4n) is 1.93. The first-order valence-electron chi connectivity index (χ1n) is 6.10. The van der Waals surface area contributed by atoms with Crippen LogP contribution in [-0.4, -0.2) is 0 Å². The van der Waals surface area contributed by atoms with Crippen LogP contribution in [0.5, 0.6) is 0 Å². The lowest BCUT2D eigenvalue weighted by atomic mass is 9.97. The van der Waals surface area contributed by atoms with E-state index in [1.54, 1.807) is 0 Å². The standard InChI is InChI=1S/2C7H12/c2*1-7-5-3-2-4-6-7/h3,5,7H,2,4,6H2,1H3;2-3,7H,4-6H2,1H3. The van der Waals surface area contributed by atoms with E-state index in [4.69, 9.17) is 0 Å². The zero-order valence-corrected chi connectivity index (χ0v) is 9.71. The summed E-state index contributed by atoms with van der Waals surface area (Å²) < 4.78 is 0. The van der Waals surface area contributed by atoms with E-state index in [2.05, 4.69) is 38.2 Å². The minimum Gasteiger partial charge on any atom is -0.0885 e. The van der Waals surface area contributed by atoms with E-state index in [-0.39, 0.29) is 0 Å². The molecular weight excluding hydrogens is 168 g/mol. The normalized spacial score (nSPS) is 30.7. The van der Waals surface area contributed by atoms with Gasteiger partial charge in [0.15, 0.2) is 0 Å². The van der Waals surface area contributed by atoms with E-state index >= 15 is 0 Å². The van der Waals surface area contributed by atoms with E-state index < -0.39 is 0 Å². The highest BCUT2D eigenvalue weighted by molar-refractivity contribution is 4.90. The minimum atomic E-state index is 0.855. The molecule has 0 bridgehead atoms. The monoisotopic (exact) mass is 192 g/mol. The smallest absolute Gasteiger partial charge is 0.0262 e. The summed E-state index contributed by atoms with van der Waals surface area (Å²) in [6, 6.07) is 0. The Morgan fingerprint density at radius 3 is 2.07 bits per heavy atom. The van der Waals surface area contributed by atoms with Crippen LogP contribution in [0.25, 0.3) is 0 Å². The van der Waals surface area contributed by atoms with Crippen molar-refractivity contribution in [2.75, 3.05) is 0 Å². The molecule has 0 aromatic rings. The largest absolute Gasteiger partial charge is 0.0885 e. The summed E-state index contributed by atoms with van der Waals surface area (Å²) >= 11 is 0. The second kappa shape index (κ2) is 6.86. The lowest BCUT2D eigenvalue weighted by Gasteiger charge is -2.09. The van der Waals surface area contributed by atoms with Crippen LogP contribution >= 0.6 is 0 Å². The molecule has 14 heavy (non-hydrogen) atoms. The maximum Gasteiger partial charge on any atom is -0.0262 e. The fraction of sp³-hybridized carbons (Fsp3) is 0.714. The van der Waals surface area contributed by atoms with Gasteiger partial charge in [0.25, 0.3) is 0 Å². The molecule has 2 aliphatic carbocycles. The molecule has 0 amide bonds. The molecule has 0 fully saturated rings. The SMILES string of the molecule is CC1C=CCCC1.CC1CC=CCC1. The quantitative estimate of drug-likeness (QED) is 0.487. The second-order valence-corrected chi connectivity index (χ2v) is 4.73. The Bertz CT molecular complexity index is 188. The molecule has 2 aliphatic rings. The van der Waals surface area contributed by atoms with E-state index in [1.807, 2.05) is 0 Å². The lowest BCUT2D eigenvalue weighted by molar-refractivity contribution is 0.527. The first kappa shape index (κ1) is 11.6. The third-order valence-corrected chi connectivity index (χ3v) is 3.03. The molecule has 0 heteroatoms. The molecule has 0 spiro atoms. The summed E-state index contributed by atoms with van der Waals surface area (Å²) in [4.78, 5) is 0. The van der Waals surface area contributed by atoms with Crippen molar-refractivity contribution in [1.82, 2.24) is 0 Å². The topological polar surface area (TPSA) is 0 Å². The predicted molar refractivity (Wildman–Crippen MR) is 64.3 cm³/mol. The van der Waals surface area contributed by atoms with Crippen LogP contribution in [0.1, 0.15) is 52.4 Å². The zero-order chi connectivity index (χ0) is 10.2. The van der Waals surface area contributed by atoms with Crippen molar-refractivity contribution in [2.45, 2.75) is 52.4 Å². The van der Waals surface area contributed by atoms with E-state index in [1.165, 1.54) is 38.5 Å². The van der Waals surface area contributed by atoms with Gasteiger partial charge in [-0.15, -0.1) is 0 Å². The molecule has 0 aromatic carbocycles. The summed E-state index contributed by atoms with van der Waals surface area (Å²) in [5.41, 5.74) is 0. The van der Waals surface area contributed by atoms with Gasteiger partial charge in [0.1, 0.15) is 0 Å².